The molecule has 2 aliphatic heterocycles. The fourth-order valence-electron chi connectivity index (χ4n) is 5.51. The highest BCUT2D eigenvalue weighted by atomic mass is 16.2. The second-order valence-electron chi connectivity index (χ2n) is 9.16. The van der Waals surface area contributed by atoms with Crippen LogP contribution < -0.4 is 5.32 Å². The van der Waals surface area contributed by atoms with Crippen LogP contribution in [0.2, 0.25) is 0 Å². The Labute approximate surface area is 197 Å². The van der Waals surface area contributed by atoms with Crippen molar-refractivity contribution < 1.29 is 4.79 Å². The molecule has 0 saturated carbocycles. The molecule has 1 saturated heterocycles. The number of nitriles is 1. The number of H-pyrrole nitrogens is 1. The maximum Gasteiger partial charge on any atom is 0.317 e. The van der Waals surface area contributed by atoms with Gasteiger partial charge in [-0.1, -0.05) is 18.2 Å². The summed E-state index contributed by atoms with van der Waals surface area (Å²) in [5.41, 5.74) is 6.27. The zero-order valence-electron chi connectivity index (χ0n) is 19.0. The Balaban J connectivity index is 1.36. The molecule has 4 aromatic rings. The Hall–Kier alpha value is -4.12. The lowest BCUT2D eigenvalue weighted by molar-refractivity contribution is 0.206. The third-order valence-electron chi connectivity index (χ3n) is 7.26. The van der Waals surface area contributed by atoms with Crippen LogP contribution >= 0.6 is 0 Å². The van der Waals surface area contributed by atoms with Crippen LogP contribution in [0.5, 0.6) is 0 Å². The molecule has 1 unspecified atom stereocenters. The number of urea groups is 1. The van der Waals surface area contributed by atoms with Crippen molar-refractivity contribution in [3.8, 4) is 28.5 Å². The molecule has 170 valence electrons. The number of hydrogen-bond acceptors (Lipinski definition) is 4. The smallest absolute Gasteiger partial charge is 0.317 e. The summed E-state index contributed by atoms with van der Waals surface area (Å²) in [5.74, 6) is 0. The molecule has 2 amide bonds. The van der Waals surface area contributed by atoms with Crippen molar-refractivity contribution >= 4 is 17.1 Å². The average molecular weight is 452 g/mol. The van der Waals surface area contributed by atoms with Crippen LogP contribution in [-0.4, -0.2) is 50.3 Å². The van der Waals surface area contributed by atoms with Crippen molar-refractivity contribution in [2.24, 2.45) is 0 Å². The second kappa shape index (κ2) is 7.73. The van der Waals surface area contributed by atoms with Gasteiger partial charge in [-0.05, 0) is 38.0 Å². The molecular weight excluding hydrogens is 426 g/mol. The number of aromatic nitrogens is 4. The summed E-state index contributed by atoms with van der Waals surface area (Å²) >= 11 is 0. The molecule has 2 N–H and O–H groups in total. The predicted molar refractivity (Wildman–Crippen MR) is 129 cm³/mol. The van der Waals surface area contributed by atoms with Crippen LogP contribution in [0.25, 0.3) is 33.4 Å². The summed E-state index contributed by atoms with van der Waals surface area (Å²) in [5, 5.41) is 18.4. The monoisotopic (exact) mass is 451 g/mol. The van der Waals surface area contributed by atoms with Crippen LogP contribution in [0.1, 0.15) is 31.0 Å². The number of hydrogen-bond donors (Lipinski definition) is 2. The number of aryl methyl sites for hydroxylation is 1. The van der Waals surface area contributed by atoms with Crippen LogP contribution in [0.15, 0.2) is 48.8 Å². The molecule has 0 bridgehead atoms. The number of likely N-dealkylation sites (tertiary alicyclic amines) is 1. The van der Waals surface area contributed by atoms with E-state index in [1.807, 2.05) is 48.5 Å². The van der Waals surface area contributed by atoms with Crippen molar-refractivity contribution in [3.05, 3.63) is 60.0 Å². The van der Waals surface area contributed by atoms with E-state index < -0.39 is 0 Å². The van der Waals surface area contributed by atoms with Gasteiger partial charge < -0.3 is 15.2 Å². The molecule has 8 heteroatoms. The van der Waals surface area contributed by atoms with Crippen molar-refractivity contribution in [1.29, 1.82) is 5.26 Å². The Bertz CT molecular complexity index is 1460. The molecule has 1 spiro atoms. The highest BCUT2D eigenvalue weighted by molar-refractivity contribution is 5.96. The van der Waals surface area contributed by atoms with E-state index in [2.05, 4.69) is 38.2 Å². The molecule has 8 nitrogen and oxygen atoms in total. The number of carbonyl (C=O) groups is 1. The van der Waals surface area contributed by atoms with Crippen molar-refractivity contribution in [2.75, 3.05) is 19.6 Å². The first-order chi connectivity index (χ1) is 16.6. The minimum Gasteiger partial charge on any atom is -0.346 e. The number of benzene rings is 1. The van der Waals surface area contributed by atoms with Gasteiger partial charge in [0.2, 0.25) is 0 Å². The fraction of sp³-hybridized carbons (Fsp3) is 0.308. The zero-order chi connectivity index (χ0) is 23.3. The van der Waals surface area contributed by atoms with Gasteiger partial charge in [-0.3, -0.25) is 4.68 Å². The van der Waals surface area contributed by atoms with E-state index in [1.54, 1.807) is 0 Å². The zero-order valence-corrected chi connectivity index (χ0v) is 19.0. The minimum atomic E-state index is -0.0289. The van der Waals surface area contributed by atoms with E-state index in [-0.39, 0.29) is 11.4 Å². The Morgan fingerprint density at radius 1 is 1.24 bits per heavy atom. The topological polar surface area (TPSA) is 103 Å². The van der Waals surface area contributed by atoms with E-state index in [4.69, 9.17) is 5.10 Å². The lowest BCUT2D eigenvalue weighted by atomic mass is 9.82. The average Bonchev–Trinajstić information content (AvgIpc) is 3.64. The summed E-state index contributed by atoms with van der Waals surface area (Å²) < 4.78 is 2.10. The van der Waals surface area contributed by atoms with E-state index in [0.717, 1.165) is 65.9 Å². The molecule has 2 aliphatic rings. The minimum absolute atomic E-state index is 0.0184. The van der Waals surface area contributed by atoms with Gasteiger partial charge in [0.25, 0.3) is 0 Å². The van der Waals surface area contributed by atoms with Crippen molar-refractivity contribution in [1.82, 2.24) is 30.0 Å². The number of fused-ring (bicyclic) bond motifs is 3. The van der Waals surface area contributed by atoms with E-state index in [1.165, 1.54) is 5.69 Å². The standard InChI is InChI=1S/C26H25N7O/c1-2-28-25(34)32-9-7-26(16-32)8-10-33-23(26)12-22(31-33)18-11-20-21(15-30-24(20)29-14-18)19-6-4-3-5-17(19)13-27/h3-6,11-12,14-15H,2,7-10,16H2,1H3,(H,28,34)(H,29,30). The highest BCUT2D eigenvalue weighted by Gasteiger charge is 2.46. The predicted octanol–water partition coefficient (Wildman–Crippen LogP) is 4.04. The maximum absolute atomic E-state index is 12.4. The maximum atomic E-state index is 12.4. The molecule has 6 rings (SSSR count). The van der Waals surface area contributed by atoms with Gasteiger partial charge in [0, 0.05) is 71.8 Å². The van der Waals surface area contributed by atoms with Crippen LogP contribution in [0, 0.1) is 11.3 Å². The number of aromatic amines is 1. The van der Waals surface area contributed by atoms with E-state index in [9.17, 15) is 10.1 Å². The van der Waals surface area contributed by atoms with Gasteiger partial charge in [-0.2, -0.15) is 10.4 Å². The SMILES string of the molecule is CCNC(=O)N1CCC2(CCn3nc(-c4cnc5[nH]cc(-c6ccccc6C#N)c5c4)cc32)C1. The lowest BCUT2D eigenvalue weighted by Crippen LogP contribution is -2.40. The number of amides is 2. The number of nitrogens with one attached hydrogen (secondary N) is 2. The van der Waals surface area contributed by atoms with E-state index >= 15 is 0 Å². The molecule has 1 aromatic carbocycles. The fourth-order valence-corrected chi connectivity index (χ4v) is 5.51. The quantitative estimate of drug-likeness (QED) is 0.491. The normalized spacial score (nSPS) is 19.0. The number of nitrogens with zero attached hydrogens (tertiary/aromatic N) is 5. The lowest BCUT2D eigenvalue weighted by Gasteiger charge is -2.23. The van der Waals surface area contributed by atoms with Gasteiger partial charge in [0.1, 0.15) is 5.65 Å². The Morgan fingerprint density at radius 3 is 2.94 bits per heavy atom. The first-order valence-electron chi connectivity index (χ1n) is 11.7. The largest absolute Gasteiger partial charge is 0.346 e. The first kappa shape index (κ1) is 20.5. The first-order valence-corrected chi connectivity index (χ1v) is 11.7. The second-order valence-corrected chi connectivity index (χ2v) is 9.16. The molecule has 0 aliphatic carbocycles. The van der Waals surface area contributed by atoms with Gasteiger partial charge in [0.05, 0.1) is 17.3 Å². The third kappa shape index (κ3) is 3.08. The van der Waals surface area contributed by atoms with Crippen LogP contribution in [0.4, 0.5) is 4.79 Å². The third-order valence-corrected chi connectivity index (χ3v) is 7.26. The summed E-state index contributed by atoms with van der Waals surface area (Å²) in [6.07, 6.45) is 5.72. The Morgan fingerprint density at radius 2 is 2.09 bits per heavy atom. The number of rotatable bonds is 3. The Kier molecular flexibility index (Phi) is 4.66. The van der Waals surface area contributed by atoms with Gasteiger partial charge in [0.15, 0.2) is 0 Å². The summed E-state index contributed by atoms with van der Waals surface area (Å²) in [6.45, 7) is 4.94. The molecular formula is C26H25N7O. The van der Waals surface area contributed by atoms with Gasteiger partial charge >= 0.3 is 6.03 Å². The number of pyridine rings is 1. The molecule has 1 fully saturated rings. The summed E-state index contributed by atoms with van der Waals surface area (Å²) in [4.78, 5) is 22.2. The van der Waals surface area contributed by atoms with Crippen LogP contribution in [-0.2, 0) is 12.0 Å². The molecule has 3 aromatic heterocycles. The van der Waals surface area contributed by atoms with E-state index in [0.29, 0.717) is 12.1 Å². The van der Waals surface area contributed by atoms with Gasteiger partial charge in [-0.15, -0.1) is 0 Å². The summed E-state index contributed by atoms with van der Waals surface area (Å²) in [7, 11) is 0. The summed E-state index contributed by atoms with van der Waals surface area (Å²) in [6, 6.07) is 14.2. The van der Waals surface area contributed by atoms with Crippen molar-refractivity contribution in [3.63, 3.8) is 0 Å². The highest BCUT2D eigenvalue weighted by Crippen LogP contribution is 2.44. The molecule has 5 heterocycles. The van der Waals surface area contributed by atoms with Crippen LogP contribution in [0.3, 0.4) is 0 Å². The number of carbonyl (C=O) groups excluding carboxylic acids is 1. The van der Waals surface area contributed by atoms with Gasteiger partial charge in [-0.25, -0.2) is 9.78 Å². The molecule has 1 atom stereocenters. The molecule has 34 heavy (non-hydrogen) atoms. The molecule has 0 radical (unpaired) electrons. The van der Waals surface area contributed by atoms with Crippen molar-refractivity contribution in [2.45, 2.75) is 31.7 Å².